The molecule has 1 aromatic heterocycles. The summed E-state index contributed by atoms with van der Waals surface area (Å²) in [6.07, 6.45) is 1.58. The Morgan fingerprint density at radius 3 is 2.63 bits per heavy atom. The first-order valence-electron chi connectivity index (χ1n) is 5.57. The number of hydrogen-bond donors (Lipinski definition) is 0. The maximum atomic E-state index is 6.09. The number of rotatable bonds is 2. The predicted molar refractivity (Wildman–Crippen MR) is 78.8 cm³/mol. The summed E-state index contributed by atoms with van der Waals surface area (Å²) in [5.74, 6) is 0.970. The average molecular weight is 336 g/mol. The van der Waals surface area contributed by atoms with E-state index in [1.165, 1.54) is 0 Å². The second-order valence-corrected chi connectivity index (χ2v) is 5.20. The van der Waals surface area contributed by atoms with Crippen LogP contribution in [0.2, 0.25) is 5.02 Å². The van der Waals surface area contributed by atoms with Crippen molar-refractivity contribution in [3.63, 3.8) is 0 Å². The second kappa shape index (κ2) is 5.15. The third kappa shape index (κ3) is 2.69. The molecule has 19 heavy (non-hydrogen) atoms. The zero-order chi connectivity index (χ0) is 13.2. The molecular weight excluding hydrogens is 328 g/mol. The summed E-state index contributed by atoms with van der Waals surface area (Å²) in [7, 11) is 0. The fraction of sp³-hybridized carbons (Fsp3) is 0. The lowest BCUT2D eigenvalue weighted by molar-refractivity contribution is 0.463. The average Bonchev–Trinajstić information content (AvgIpc) is 2.42. The first kappa shape index (κ1) is 12.4. The fourth-order valence-corrected chi connectivity index (χ4v) is 2.37. The molecule has 0 saturated carbocycles. The first-order chi connectivity index (χ1) is 9.22. The molecular formula is C14H8BrClN2O. The molecule has 0 atom stereocenters. The summed E-state index contributed by atoms with van der Waals surface area (Å²) in [6.45, 7) is 0. The quantitative estimate of drug-likeness (QED) is 0.672. The molecule has 0 amide bonds. The molecule has 3 rings (SSSR count). The number of benzene rings is 2. The van der Waals surface area contributed by atoms with Crippen LogP contribution in [0.1, 0.15) is 0 Å². The Morgan fingerprint density at radius 1 is 1.05 bits per heavy atom. The molecule has 0 saturated heterocycles. The highest BCUT2D eigenvalue weighted by Gasteiger charge is 2.06. The molecule has 3 aromatic rings. The first-order valence-corrected chi connectivity index (χ1v) is 6.74. The van der Waals surface area contributed by atoms with Crippen molar-refractivity contribution in [2.45, 2.75) is 0 Å². The minimum Gasteiger partial charge on any atom is -0.436 e. The molecule has 0 N–H and O–H groups in total. The monoisotopic (exact) mass is 334 g/mol. The van der Waals surface area contributed by atoms with Gasteiger partial charge in [0.1, 0.15) is 5.75 Å². The standard InChI is InChI=1S/C14H8BrClN2O/c15-9-5-6-13(10(16)7-9)19-14-8-17-11-3-1-2-4-12(11)18-14/h1-8H. The molecule has 2 aromatic carbocycles. The van der Waals surface area contributed by atoms with E-state index in [0.717, 1.165) is 15.5 Å². The van der Waals surface area contributed by atoms with Gasteiger partial charge in [0.15, 0.2) is 0 Å². The molecule has 0 fully saturated rings. The Balaban J connectivity index is 1.96. The van der Waals surface area contributed by atoms with E-state index in [4.69, 9.17) is 16.3 Å². The van der Waals surface area contributed by atoms with Gasteiger partial charge in [-0.15, -0.1) is 0 Å². The predicted octanol–water partition coefficient (Wildman–Crippen LogP) is 4.84. The van der Waals surface area contributed by atoms with Gasteiger partial charge < -0.3 is 4.74 Å². The highest BCUT2D eigenvalue weighted by Crippen LogP contribution is 2.31. The molecule has 3 nitrogen and oxygen atoms in total. The number of nitrogens with zero attached hydrogens (tertiary/aromatic N) is 2. The van der Waals surface area contributed by atoms with Gasteiger partial charge >= 0.3 is 0 Å². The smallest absolute Gasteiger partial charge is 0.238 e. The molecule has 0 aliphatic carbocycles. The van der Waals surface area contributed by atoms with Crippen molar-refractivity contribution < 1.29 is 4.74 Å². The van der Waals surface area contributed by atoms with Crippen LogP contribution >= 0.6 is 27.5 Å². The molecule has 0 unspecified atom stereocenters. The molecule has 0 aliphatic heterocycles. The van der Waals surface area contributed by atoms with Gasteiger partial charge in [0.2, 0.25) is 5.88 Å². The van der Waals surface area contributed by atoms with E-state index in [-0.39, 0.29) is 0 Å². The minimum absolute atomic E-state index is 0.419. The van der Waals surface area contributed by atoms with Crippen LogP contribution in [0.3, 0.4) is 0 Å². The third-order valence-corrected chi connectivity index (χ3v) is 3.32. The maximum absolute atomic E-state index is 6.09. The van der Waals surface area contributed by atoms with Gasteiger partial charge in [-0.05, 0) is 30.3 Å². The Kier molecular flexibility index (Phi) is 3.36. The number of ether oxygens (including phenoxy) is 1. The lowest BCUT2D eigenvalue weighted by atomic mass is 10.3. The van der Waals surface area contributed by atoms with Crippen molar-refractivity contribution in [1.29, 1.82) is 0 Å². The normalized spacial score (nSPS) is 10.6. The summed E-state index contributed by atoms with van der Waals surface area (Å²) in [5, 5.41) is 0.518. The molecule has 0 aliphatic rings. The minimum atomic E-state index is 0.419. The number of hydrogen-bond acceptors (Lipinski definition) is 3. The van der Waals surface area contributed by atoms with E-state index in [2.05, 4.69) is 25.9 Å². The lowest BCUT2D eigenvalue weighted by Gasteiger charge is -2.07. The SMILES string of the molecule is Clc1cc(Br)ccc1Oc1cnc2ccccc2n1. The Bertz CT molecular complexity index is 748. The summed E-state index contributed by atoms with van der Waals surface area (Å²) in [6, 6.07) is 13.0. The summed E-state index contributed by atoms with van der Waals surface area (Å²) in [5.41, 5.74) is 1.62. The van der Waals surface area contributed by atoms with Gasteiger partial charge in [-0.1, -0.05) is 39.7 Å². The van der Waals surface area contributed by atoms with E-state index in [0.29, 0.717) is 16.7 Å². The van der Waals surface area contributed by atoms with Crippen LogP contribution in [-0.2, 0) is 0 Å². The van der Waals surface area contributed by atoms with Crippen LogP contribution in [0.5, 0.6) is 11.6 Å². The fourth-order valence-electron chi connectivity index (χ4n) is 1.66. The van der Waals surface area contributed by atoms with Gasteiger partial charge in [-0.2, -0.15) is 0 Å². The summed E-state index contributed by atoms with van der Waals surface area (Å²) in [4.78, 5) is 8.66. The van der Waals surface area contributed by atoms with Crippen molar-refractivity contribution in [1.82, 2.24) is 9.97 Å². The van der Waals surface area contributed by atoms with E-state index < -0.39 is 0 Å². The molecule has 1 heterocycles. The Morgan fingerprint density at radius 2 is 1.84 bits per heavy atom. The number of fused-ring (bicyclic) bond motifs is 1. The van der Waals surface area contributed by atoms with Crippen LogP contribution in [0.15, 0.2) is 53.1 Å². The third-order valence-electron chi connectivity index (χ3n) is 2.53. The van der Waals surface area contributed by atoms with Crippen molar-refractivity contribution >= 4 is 38.6 Å². The van der Waals surface area contributed by atoms with Crippen LogP contribution in [0, 0.1) is 0 Å². The number of halogens is 2. The van der Waals surface area contributed by atoms with Gasteiger partial charge in [0.25, 0.3) is 0 Å². The van der Waals surface area contributed by atoms with Gasteiger partial charge in [-0.25, -0.2) is 9.97 Å². The highest BCUT2D eigenvalue weighted by atomic mass is 79.9. The summed E-state index contributed by atoms with van der Waals surface area (Å²) >= 11 is 9.44. The van der Waals surface area contributed by atoms with Gasteiger partial charge in [0, 0.05) is 4.47 Å². The molecule has 0 bridgehead atoms. The lowest BCUT2D eigenvalue weighted by Crippen LogP contribution is -1.91. The number of para-hydroxylation sites is 2. The van der Waals surface area contributed by atoms with Crippen LogP contribution in [-0.4, -0.2) is 9.97 Å². The van der Waals surface area contributed by atoms with Crippen LogP contribution in [0.25, 0.3) is 11.0 Å². The van der Waals surface area contributed by atoms with E-state index in [1.807, 2.05) is 30.3 Å². The van der Waals surface area contributed by atoms with Gasteiger partial charge in [-0.3, -0.25) is 0 Å². The second-order valence-electron chi connectivity index (χ2n) is 3.87. The maximum Gasteiger partial charge on any atom is 0.238 e. The Labute approximate surface area is 123 Å². The van der Waals surface area contributed by atoms with E-state index >= 15 is 0 Å². The zero-order valence-electron chi connectivity index (χ0n) is 9.68. The Hall–Kier alpha value is -1.65. The molecule has 94 valence electrons. The molecule has 0 radical (unpaired) electrons. The van der Waals surface area contributed by atoms with Crippen molar-refractivity contribution in [2.24, 2.45) is 0 Å². The zero-order valence-corrected chi connectivity index (χ0v) is 12.0. The van der Waals surface area contributed by atoms with Crippen molar-refractivity contribution in [3.05, 3.63) is 58.2 Å². The van der Waals surface area contributed by atoms with Crippen LogP contribution in [0.4, 0.5) is 0 Å². The largest absolute Gasteiger partial charge is 0.436 e. The van der Waals surface area contributed by atoms with Crippen molar-refractivity contribution in [3.8, 4) is 11.6 Å². The van der Waals surface area contributed by atoms with Crippen LogP contribution < -0.4 is 4.74 Å². The topological polar surface area (TPSA) is 35.0 Å². The molecule has 0 spiro atoms. The van der Waals surface area contributed by atoms with E-state index in [9.17, 15) is 0 Å². The van der Waals surface area contributed by atoms with E-state index in [1.54, 1.807) is 18.3 Å². The summed E-state index contributed by atoms with van der Waals surface area (Å²) < 4.78 is 6.54. The van der Waals surface area contributed by atoms with Crippen molar-refractivity contribution in [2.75, 3.05) is 0 Å². The van der Waals surface area contributed by atoms with Gasteiger partial charge in [0.05, 0.1) is 22.3 Å². The highest BCUT2D eigenvalue weighted by molar-refractivity contribution is 9.10. The number of aromatic nitrogens is 2. The molecule has 5 heteroatoms.